The molecule has 0 saturated carbocycles. The second-order valence-corrected chi connectivity index (χ2v) is 6.79. The van der Waals surface area contributed by atoms with Gasteiger partial charge in [0.05, 0.1) is 12.0 Å². The summed E-state index contributed by atoms with van der Waals surface area (Å²) in [6.45, 7) is 0.558. The van der Waals surface area contributed by atoms with Gasteiger partial charge in [-0.05, 0) is 29.9 Å². The van der Waals surface area contributed by atoms with E-state index in [1.165, 1.54) is 4.88 Å². The number of carboxylic acids is 1. The van der Waals surface area contributed by atoms with Crippen molar-refractivity contribution in [2.75, 3.05) is 6.54 Å². The monoisotopic (exact) mass is 329 g/mol. The Kier molecular flexibility index (Phi) is 4.76. The Morgan fingerprint density at radius 3 is 2.65 bits per heavy atom. The van der Waals surface area contributed by atoms with E-state index < -0.39 is 11.9 Å². The summed E-state index contributed by atoms with van der Waals surface area (Å²) in [6, 6.07) is 13.2. The van der Waals surface area contributed by atoms with Gasteiger partial charge in [-0.3, -0.25) is 9.59 Å². The average molecular weight is 329 g/mol. The molecule has 0 unspecified atom stereocenters. The molecule has 0 aliphatic carbocycles. The van der Waals surface area contributed by atoms with E-state index in [2.05, 4.69) is 0 Å². The second kappa shape index (κ2) is 6.96. The minimum absolute atomic E-state index is 0.0490. The molecule has 2 aromatic rings. The highest BCUT2D eigenvalue weighted by Gasteiger charge is 2.40. The number of rotatable bonds is 5. The topological polar surface area (TPSA) is 57.6 Å². The second-order valence-electron chi connectivity index (χ2n) is 5.76. The number of carboxylic acid groups (broad SMARTS) is 1. The van der Waals surface area contributed by atoms with Crippen LogP contribution in [-0.4, -0.2) is 28.4 Å². The summed E-state index contributed by atoms with van der Waals surface area (Å²) in [7, 11) is 0. The first-order valence-electron chi connectivity index (χ1n) is 7.76. The predicted octanol–water partition coefficient (Wildman–Crippen LogP) is 3.36. The molecular weight excluding hydrogens is 310 g/mol. The summed E-state index contributed by atoms with van der Waals surface area (Å²) in [5.74, 6) is -1.32. The molecule has 0 radical (unpaired) electrons. The lowest BCUT2D eigenvalue weighted by molar-refractivity contribution is -0.152. The first kappa shape index (κ1) is 15.7. The van der Waals surface area contributed by atoms with Gasteiger partial charge in [0.15, 0.2) is 0 Å². The Hall–Kier alpha value is -2.14. The van der Waals surface area contributed by atoms with Crippen molar-refractivity contribution >= 4 is 23.2 Å². The fraction of sp³-hybridized carbons (Fsp3) is 0.333. The zero-order chi connectivity index (χ0) is 16.2. The van der Waals surface area contributed by atoms with Crippen LogP contribution in [0.25, 0.3) is 0 Å². The third kappa shape index (κ3) is 3.45. The van der Waals surface area contributed by atoms with E-state index in [-0.39, 0.29) is 11.9 Å². The van der Waals surface area contributed by atoms with Crippen LogP contribution in [0.1, 0.15) is 29.3 Å². The van der Waals surface area contributed by atoms with Crippen LogP contribution < -0.4 is 0 Å². The Bertz CT molecular complexity index is 669. The molecule has 2 heterocycles. The third-order valence-corrected chi connectivity index (χ3v) is 5.28. The molecule has 120 valence electrons. The highest BCUT2D eigenvalue weighted by molar-refractivity contribution is 7.09. The molecule has 1 aliphatic rings. The molecule has 0 bridgehead atoms. The fourth-order valence-corrected chi connectivity index (χ4v) is 3.92. The first-order chi connectivity index (χ1) is 11.2. The van der Waals surface area contributed by atoms with Gasteiger partial charge in [-0.15, -0.1) is 11.3 Å². The maximum absolute atomic E-state index is 12.4. The van der Waals surface area contributed by atoms with Crippen molar-refractivity contribution in [2.24, 2.45) is 5.92 Å². The Labute approximate surface area is 139 Å². The van der Waals surface area contributed by atoms with Gasteiger partial charge < -0.3 is 10.0 Å². The number of amides is 1. The van der Waals surface area contributed by atoms with Gasteiger partial charge in [-0.25, -0.2) is 0 Å². The molecular formula is C18H19NO3S. The van der Waals surface area contributed by atoms with E-state index in [1.54, 1.807) is 16.2 Å². The maximum Gasteiger partial charge on any atom is 0.308 e. The van der Waals surface area contributed by atoms with E-state index in [0.29, 0.717) is 19.4 Å². The zero-order valence-electron chi connectivity index (χ0n) is 12.7. The van der Waals surface area contributed by atoms with E-state index in [4.69, 9.17) is 0 Å². The summed E-state index contributed by atoms with van der Waals surface area (Å²) in [4.78, 5) is 27.1. The molecule has 1 fully saturated rings. The van der Waals surface area contributed by atoms with Gasteiger partial charge in [-0.1, -0.05) is 36.4 Å². The van der Waals surface area contributed by atoms with Crippen LogP contribution in [0.15, 0.2) is 47.8 Å². The standard InChI is InChI=1S/C18H19NO3S/c20-16-9-8-15(18(21)22)17(13-5-2-1-3-6-13)19(16)11-10-14-7-4-12-23-14/h1-7,12,15,17H,8-11H2,(H,21,22)/t15-,17-/m0/s1. The van der Waals surface area contributed by atoms with Crippen molar-refractivity contribution in [3.8, 4) is 0 Å². The van der Waals surface area contributed by atoms with Crippen molar-refractivity contribution in [3.63, 3.8) is 0 Å². The summed E-state index contributed by atoms with van der Waals surface area (Å²) in [5, 5.41) is 11.6. The maximum atomic E-state index is 12.4. The number of likely N-dealkylation sites (tertiary alicyclic amines) is 1. The highest BCUT2D eigenvalue weighted by Crippen LogP contribution is 2.37. The van der Waals surface area contributed by atoms with Crippen molar-refractivity contribution < 1.29 is 14.7 Å². The minimum atomic E-state index is -0.826. The van der Waals surface area contributed by atoms with Crippen LogP contribution in [-0.2, 0) is 16.0 Å². The number of aliphatic carboxylic acids is 1. The Balaban J connectivity index is 1.87. The summed E-state index contributed by atoms with van der Waals surface area (Å²) >= 11 is 1.66. The normalized spacial score (nSPS) is 21.4. The smallest absolute Gasteiger partial charge is 0.308 e. The van der Waals surface area contributed by atoms with Crippen LogP contribution in [0.3, 0.4) is 0 Å². The van der Waals surface area contributed by atoms with Crippen LogP contribution in [0.4, 0.5) is 0 Å². The lowest BCUT2D eigenvalue weighted by Gasteiger charge is -2.39. The highest BCUT2D eigenvalue weighted by atomic mass is 32.1. The number of hydrogen-bond acceptors (Lipinski definition) is 3. The largest absolute Gasteiger partial charge is 0.481 e. The molecule has 4 nitrogen and oxygen atoms in total. The minimum Gasteiger partial charge on any atom is -0.481 e. The molecule has 3 rings (SSSR count). The van der Waals surface area contributed by atoms with E-state index >= 15 is 0 Å². The molecule has 5 heteroatoms. The fourth-order valence-electron chi connectivity index (χ4n) is 3.22. The quantitative estimate of drug-likeness (QED) is 0.915. The van der Waals surface area contributed by atoms with Gasteiger partial charge in [-0.2, -0.15) is 0 Å². The van der Waals surface area contributed by atoms with Crippen molar-refractivity contribution in [1.82, 2.24) is 4.90 Å². The average Bonchev–Trinajstić information content (AvgIpc) is 3.07. The number of carbonyl (C=O) groups is 2. The molecule has 2 atom stereocenters. The van der Waals surface area contributed by atoms with Crippen molar-refractivity contribution in [3.05, 3.63) is 58.3 Å². The lowest BCUT2D eigenvalue weighted by atomic mass is 9.84. The number of piperidine rings is 1. The van der Waals surface area contributed by atoms with Crippen LogP contribution in [0.2, 0.25) is 0 Å². The van der Waals surface area contributed by atoms with Gasteiger partial charge in [0, 0.05) is 17.8 Å². The van der Waals surface area contributed by atoms with Gasteiger partial charge in [0.2, 0.25) is 5.91 Å². The molecule has 1 saturated heterocycles. The number of benzene rings is 1. The Morgan fingerprint density at radius 2 is 2.00 bits per heavy atom. The molecule has 1 N–H and O–H groups in total. The molecule has 1 aromatic carbocycles. The van der Waals surface area contributed by atoms with Crippen LogP contribution in [0, 0.1) is 5.92 Å². The molecule has 1 aromatic heterocycles. The lowest BCUT2D eigenvalue weighted by Crippen LogP contribution is -2.46. The van der Waals surface area contributed by atoms with Gasteiger partial charge >= 0.3 is 5.97 Å². The first-order valence-corrected chi connectivity index (χ1v) is 8.64. The number of thiophene rings is 1. The van der Waals surface area contributed by atoms with Crippen LogP contribution in [0.5, 0.6) is 0 Å². The van der Waals surface area contributed by atoms with Crippen LogP contribution >= 0.6 is 11.3 Å². The van der Waals surface area contributed by atoms with E-state index in [0.717, 1.165) is 12.0 Å². The van der Waals surface area contributed by atoms with Crippen molar-refractivity contribution in [1.29, 1.82) is 0 Å². The Morgan fingerprint density at radius 1 is 1.22 bits per heavy atom. The summed E-state index contributed by atoms with van der Waals surface area (Å²) < 4.78 is 0. The zero-order valence-corrected chi connectivity index (χ0v) is 13.5. The molecule has 1 aliphatic heterocycles. The number of nitrogens with zero attached hydrogens (tertiary/aromatic N) is 1. The molecule has 1 amide bonds. The van der Waals surface area contributed by atoms with Gasteiger partial charge in [0.25, 0.3) is 0 Å². The summed E-state index contributed by atoms with van der Waals surface area (Å²) in [6.07, 6.45) is 1.48. The molecule has 0 spiro atoms. The van der Waals surface area contributed by atoms with E-state index in [9.17, 15) is 14.7 Å². The molecule has 23 heavy (non-hydrogen) atoms. The van der Waals surface area contributed by atoms with Crippen molar-refractivity contribution in [2.45, 2.75) is 25.3 Å². The van der Waals surface area contributed by atoms with Gasteiger partial charge in [0.1, 0.15) is 0 Å². The number of hydrogen-bond donors (Lipinski definition) is 1. The third-order valence-electron chi connectivity index (χ3n) is 4.34. The van der Waals surface area contributed by atoms with E-state index in [1.807, 2.05) is 47.8 Å². The number of carbonyl (C=O) groups excluding carboxylic acids is 1. The predicted molar refractivity (Wildman–Crippen MR) is 89.3 cm³/mol. The summed E-state index contributed by atoms with van der Waals surface area (Å²) in [5.41, 5.74) is 0.902. The SMILES string of the molecule is O=C(O)[C@H]1CCC(=O)N(CCc2cccs2)[C@H]1c1ccccc1.